The third-order valence-electron chi connectivity index (χ3n) is 13.8. The fourth-order valence-electron chi connectivity index (χ4n) is 11.2. The molecule has 5 fully saturated rings. The summed E-state index contributed by atoms with van der Waals surface area (Å²) in [5.41, 5.74) is -3.17. The standard InChI is InChI=1S/C30H46O6/c1-15-14-19(32)27(4)12-13-28(5)21(20(27)16(15)2)22(33)23(34)24-26(3)10-9-18(31)30(7,25(35)36)17(26)8-11-29(24,28)6/h15-18,20-21,23-24,31,34H,8-14H2,1-7H3,(H,35,36)/t15?,16?,17?,18-,20?,21?,23?,24?,26-,27-,28+,29+,30?/m0/s1. The highest BCUT2D eigenvalue weighted by molar-refractivity contribution is 5.92. The number of fused-ring (bicyclic) bond motifs is 7. The number of ketones is 2. The first-order valence-corrected chi connectivity index (χ1v) is 14.2. The van der Waals surface area contributed by atoms with E-state index in [2.05, 4.69) is 41.5 Å². The van der Waals surface area contributed by atoms with E-state index in [0.29, 0.717) is 32.1 Å². The molecule has 0 aliphatic heterocycles. The molecule has 3 N–H and O–H groups in total. The number of aliphatic carboxylic acids is 1. The van der Waals surface area contributed by atoms with E-state index in [0.717, 1.165) is 12.8 Å². The highest BCUT2D eigenvalue weighted by atomic mass is 16.4. The van der Waals surface area contributed by atoms with Crippen LogP contribution in [0.3, 0.4) is 0 Å². The minimum Gasteiger partial charge on any atom is -0.481 e. The zero-order valence-electron chi connectivity index (χ0n) is 23.1. The lowest BCUT2D eigenvalue weighted by Gasteiger charge is -2.73. The summed E-state index contributed by atoms with van der Waals surface area (Å²) in [5.74, 6) is -1.61. The van der Waals surface area contributed by atoms with Crippen molar-refractivity contribution >= 4 is 17.5 Å². The summed E-state index contributed by atoms with van der Waals surface area (Å²) in [6.07, 6.45) is 2.28. The number of carbonyl (C=O) groups is 3. The Kier molecular flexibility index (Phi) is 5.60. The molecule has 5 rings (SSSR count). The number of aliphatic hydroxyl groups is 2. The van der Waals surface area contributed by atoms with Gasteiger partial charge in [-0.25, -0.2) is 0 Å². The quantitative estimate of drug-likeness (QED) is 0.487. The van der Waals surface area contributed by atoms with E-state index in [4.69, 9.17) is 0 Å². The monoisotopic (exact) mass is 502 g/mol. The number of hydrogen-bond donors (Lipinski definition) is 3. The molecule has 5 saturated carbocycles. The van der Waals surface area contributed by atoms with Crippen molar-refractivity contribution in [1.29, 1.82) is 0 Å². The molecular weight excluding hydrogens is 456 g/mol. The van der Waals surface area contributed by atoms with Crippen LogP contribution in [0.25, 0.3) is 0 Å². The summed E-state index contributed by atoms with van der Waals surface area (Å²) in [4.78, 5) is 40.3. The zero-order valence-corrected chi connectivity index (χ0v) is 23.1. The van der Waals surface area contributed by atoms with E-state index >= 15 is 0 Å². The predicted molar refractivity (Wildman–Crippen MR) is 135 cm³/mol. The molecule has 0 bridgehead atoms. The molecule has 0 spiro atoms. The van der Waals surface area contributed by atoms with Crippen molar-refractivity contribution in [2.45, 2.75) is 106 Å². The average molecular weight is 503 g/mol. The smallest absolute Gasteiger partial charge is 0.312 e. The summed E-state index contributed by atoms with van der Waals surface area (Å²) in [6.45, 7) is 14.6. The molecule has 0 aromatic rings. The normalized spacial score (nSPS) is 58.8. The molecule has 8 unspecified atom stereocenters. The van der Waals surface area contributed by atoms with Gasteiger partial charge in [-0.2, -0.15) is 0 Å². The zero-order chi connectivity index (χ0) is 26.8. The topological polar surface area (TPSA) is 112 Å². The SMILES string of the molecule is CC1CC(=O)[C@]2(C)CC[C@]3(C)C(C(=O)C(O)C4[C@@]5(C)CC[C@H](O)C(C)(C(=O)O)C5CC[C@]43C)C2C1C. The molecule has 0 saturated heterocycles. The van der Waals surface area contributed by atoms with E-state index in [1.807, 2.05) is 0 Å². The second-order valence-corrected chi connectivity index (χ2v) is 14.8. The molecule has 6 nitrogen and oxygen atoms in total. The van der Waals surface area contributed by atoms with Crippen LogP contribution < -0.4 is 0 Å². The minimum absolute atomic E-state index is 0.0876. The van der Waals surface area contributed by atoms with Crippen LogP contribution in [-0.4, -0.2) is 45.1 Å². The largest absolute Gasteiger partial charge is 0.481 e. The first-order chi connectivity index (χ1) is 16.5. The van der Waals surface area contributed by atoms with Crippen LogP contribution in [-0.2, 0) is 14.4 Å². The number of carboxylic acid groups (broad SMARTS) is 1. The lowest BCUT2D eigenvalue weighted by Crippen LogP contribution is -2.74. The van der Waals surface area contributed by atoms with Gasteiger partial charge in [0.05, 0.1) is 11.5 Å². The molecule has 13 atom stereocenters. The van der Waals surface area contributed by atoms with Crippen LogP contribution >= 0.6 is 0 Å². The van der Waals surface area contributed by atoms with Crippen LogP contribution in [0.15, 0.2) is 0 Å². The van der Waals surface area contributed by atoms with Crippen LogP contribution in [0.2, 0.25) is 0 Å². The van der Waals surface area contributed by atoms with Gasteiger partial charge in [0.1, 0.15) is 11.9 Å². The van der Waals surface area contributed by atoms with Gasteiger partial charge in [0, 0.05) is 23.7 Å². The van der Waals surface area contributed by atoms with Gasteiger partial charge in [0.25, 0.3) is 0 Å². The average Bonchev–Trinajstić information content (AvgIpc) is 2.79. The predicted octanol–water partition coefficient (Wildman–Crippen LogP) is 4.50. The van der Waals surface area contributed by atoms with Crippen LogP contribution in [0.1, 0.15) is 93.4 Å². The van der Waals surface area contributed by atoms with Crippen molar-refractivity contribution in [3.63, 3.8) is 0 Å². The van der Waals surface area contributed by atoms with Gasteiger partial charge in [-0.1, -0.05) is 41.5 Å². The van der Waals surface area contributed by atoms with Crippen LogP contribution in [0.5, 0.6) is 0 Å². The second-order valence-electron chi connectivity index (χ2n) is 14.8. The Morgan fingerprint density at radius 2 is 1.53 bits per heavy atom. The maximum absolute atomic E-state index is 14.4. The van der Waals surface area contributed by atoms with Crippen molar-refractivity contribution in [2.24, 2.45) is 62.6 Å². The van der Waals surface area contributed by atoms with Gasteiger partial charge in [-0.15, -0.1) is 0 Å². The second kappa shape index (κ2) is 7.65. The Bertz CT molecular complexity index is 1010. The van der Waals surface area contributed by atoms with Crippen LogP contribution in [0.4, 0.5) is 0 Å². The number of carbonyl (C=O) groups excluding carboxylic acids is 2. The molecule has 0 aromatic carbocycles. The van der Waals surface area contributed by atoms with Gasteiger partial charge < -0.3 is 15.3 Å². The summed E-state index contributed by atoms with van der Waals surface area (Å²) in [7, 11) is 0. The first kappa shape index (κ1) is 26.3. The molecular formula is C30H46O6. The van der Waals surface area contributed by atoms with Gasteiger partial charge >= 0.3 is 5.97 Å². The minimum atomic E-state index is -1.31. The Morgan fingerprint density at radius 3 is 2.14 bits per heavy atom. The molecule has 0 aromatic heterocycles. The Balaban J connectivity index is 1.65. The Labute approximate surface area is 215 Å². The van der Waals surface area contributed by atoms with Gasteiger partial charge in [0.15, 0.2) is 5.78 Å². The van der Waals surface area contributed by atoms with E-state index < -0.39 is 34.4 Å². The maximum Gasteiger partial charge on any atom is 0.312 e. The Hall–Kier alpha value is -1.27. The van der Waals surface area contributed by atoms with E-state index in [9.17, 15) is 29.7 Å². The molecule has 0 amide bonds. The number of hydrogen-bond acceptors (Lipinski definition) is 5. The number of rotatable bonds is 1. The maximum atomic E-state index is 14.4. The molecule has 0 heterocycles. The summed E-state index contributed by atoms with van der Waals surface area (Å²) >= 11 is 0. The third-order valence-corrected chi connectivity index (χ3v) is 13.8. The lowest BCUT2D eigenvalue weighted by molar-refractivity contribution is -0.267. The van der Waals surface area contributed by atoms with Gasteiger partial charge in [0.2, 0.25) is 0 Å². The first-order valence-electron chi connectivity index (χ1n) is 14.2. The van der Waals surface area contributed by atoms with E-state index in [1.54, 1.807) is 6.92 Å². The van der Waals surface area contributed by atoms with E-state index in [-0.39, 0.29) is 57.9 Å². The van der Waals surface area contributed by atoms with Crippen molar-refractivity contribution < 1.29 is 29.7 Å². The molecule has 36 heavy (non-hydrogen) atoms. The molecule has 5 aliphatic rings. The highest BCUT2D eigenvalue weighted by Gasteiger charge is 2.75. The Morgan fingerprint density at radius 1 is 0.889 bits per heavy atom. The van der Waals surface area contributed by atoms with Crippen molar-refractivity contribution in [2.75, 3.05) is 0 Å². The number of Topliss-reactive ketones (excluding diaryl/α,β-unsaturated/α-hetero) is 2. The lowest BCUT2D eigenvalue weighted by atomic mass is 9.30. The van der Waals surface area contributed by atoms with Crippen LogP contribution in [0, 0.1) is 62.6 Å². The fourth-order valence-corrected chi connectivity index (χ4v) is 11.2. The highest BCUT2D eigenvalue weighted by Crippen LogP contribution is 2.76. The summed E-state index contributed by atoms with van der Waals surface area (Å²) in [5, 5.41) is 33.0. The summed E-state index contributed by atoms with van der Waals surface area (Å²) in [6, 6.07) is 0. The third kappa shape index (κ3) is 2.79. The number of aliphatic hydroxyl groups excluding tert-OH is 2. The van der Waals surface area contributed by atoms with E-state index in [1.165, 1.54) is 0 Å². The van der Waals surface area contributed by atoms with Gasteiger partial charge in [-0.05, 0) is 85.4 Å². The van der Waals surface area contributed by atoms with Crippen molar-refractivity contribution in [1.82, 2.24) is 0 Å². The fraction of sp³-hybridized carbons (Fsp3) is 0.900. The van der Waals surface area contributed by atoms with Gasteiger partial charge in [-0.3, -0.25) is 14.4 Å². The van der Waals surface area contributed by atoms with Crippen molar-refractivity contribution in [3.8, 4) is 0 Å². The van der Waals surface area contributed by atoms with Crippen molar-refractivity contribution in [3.05, 3.63) is 0 Å². The number of carboxylic acids is 1. The molecule has 0 radical (unpaired) electrons. The summed E-state index contributed by atoms with van der Waals surface area (Å²) < 4.78 is 0. The molecule has 6 heteroatoms. The molecule has 5 aliphatic carbocycles. The molecule has 202 valence electrons.